The van der Waals surface area contributed by atoms with Crippen molar-refractivity contribution < 1.29 is 38.0 Å². The maximum absolute atomic E-state index is 13.5. The molecule has 2 heterocycles. The van der Waals surface area contributed by atoms with Gasteiger partial charge < -0.3 is 38.6 Å². The van der Waals surface area contributed by atoms with E-state index in [9.17, 15) is 9.59 Å². The molecule has 2 atom stereocenters. The van der Waals surface area contributed by atoms with Crippen molar-refractivity contribution in [1.29, 1.82) is 0 Å². The number of carbonyl (C=O) groups excluding carboxylic acids is 2. The van der Waals surface area contributed by atoms with E-state index >= 15 is 0 Å². The molecular formula is C33H41N5O8. The van der Waals surface area contributed by atoms with Crippen LogP contribution in [0, 0.1) is 11.8 Å². The first-order valence-corrected chi connectivity index (χ1v) is 15.1. The minimum atomic E-state index is -0.956. The van der Waals surface area contributed by atoms with Crippen LogP contribution in [0.3, 0.4) is 0 Å². The van der Waals surface area contributed by atoms with Crippen LogP contribution in [0.2, 0.25) is 0 Å². The predicted octanol–water partition coefficient (Wildman–Crippen LogP) is 1.93. The Hall–Kier alpha value is -4.32. The monoisotopic (exact) mass is 635 g/mol. The molecule has 2 aromatic carbocycles. The highest BCUT2D eigenvalue weighted by Crippen LogP contribution is 2.33. The topological polar surface area (TPSA) is 136 Å². The van der Waals surface area contributed by atoms with Crippen molar-refractivity contribution in [3.63, 3.8) is 0 Å². The quantitative estimate of drug-likeness (QED) is 0.173. The zero-order chi connectivity index (χ0) is 32.6. The number of ether oxygens (including phenoxy) is 6. The molecule has 3 aromatic rings. The number of methoxy groups -OCH3 is 1. The molecule has 1 aliphatic heterocycles. The Morgan fingerprint density at radius 2 is 1.63 bits per heavy atom. The van der Waals surface area contributed by atoms with Gasteiger partial charge >= 0.3 is 0 Å². The van der Waals surface area contributed by atoms with Gasteiger partial charge in [0, 0.05) is 19.7 Å². The molecule has 0 saturated heterocycles. The molecule has 0 saturated carbocycles. The van der Waals surface area contributed by atoms with E-state index < -0.39 is 18.1 Å². The molecular weight excluding hydrogens is 594 g/mol. The largest absolute Gasteiger partial charge is 0.486 e. The van der Waals surface area contributed by atoms with Crippen LogP contribution in [0.1, 0.15) is 28.7 Å². The number of hydrogen-bond donors (Lipinski definition) is 1. The van der Waals surface area contributed by atoms with Crippen molar-refractivity contribution in [1.82, 2.24) is 20.1 Å². The maximum atomic E-state index is 13.5. The Bertz CT molecular complexity index is 1450. The molecule has 246 valence electrons. The van der Waals surface area contributed by atoms with Crippen molar-refractivity contribution in [2.75, 3.05) is 78.5 Å². The Labute approximate surface area is 269 Å². The summed E-state index contributed by atoms with van der Waals surface area (Å²) in [6, 6.07) is 14.1. The average Bonchev–Trinajstić information content (AvgIpc) is 3.51. The zero-order valence-electron chi connectivity index (χ0n) is 26.5. The predicted molar refractivity (Wildman–Crippen MR) is 169 cm³/mol. The molecule has 0 radical (unpaired) electrons. The third-order valence-corrected chi connectivity index (χ3v) is 6.87. The number of nitrogens with one attached hydrogen (secondary N) is 1. The van der Waals surface area contributed by atoms with Gasteiger partial charge in [-0.25, -0.2) is 9.67 Å². The number of nitrogens with zero attached hydrogens (tertiary/aromatic N) is 4. The van der Waals surface area contributed by atoms with Crippen molar-refractivity contribution in [2.24, 2.45) is 0 Å². The molecule has 0 unspecified atom stereocenters. The van der Waals surface area contributed by atoms with Gasteiger partial charge in [-0.1, -0.05) is 42.2 Å². The van der Waals surface area contributed by atoms with E-state index in [1.54, 1.807) is 37.9 Å². The number of likely N-dealkylation sites (N-methyl/N-ethyl adjacent to an activating group) is 1. The fraction of sp³-hybridized carbons (Fsp3) is 0.455. The fourth-order valence-electron chi connectivity index (χ4n) is 4.45. The lowest BCUT2D eigenvalue weighted by Gasteiger charge is -2.23. The molecule has 0 spiro atoms. The summed E-state index contributed by atoms with van der Waals surface area (Å²) in [5.74, 6) is 5.60. The van der Waals surface area contributed by atoms with Crippen LogP contribution in [0.25, 0.3) is 0 Å². The van der Waals surface area contributed by atoms with Crippen LogP contribution in [-0.4, -0.2) is 112 Å². The van der Waals surface area contributed by atoms with Gasteiger partial charge in [-0.2, -0.15) is 0 Å². The SMILES string of the molecule is COCCOCCOCCOCCOCC#Cc1ccc2c(c1)N(C)C(=O)[C@@H](NC(=O)c1ncn(Cc3ccccc3)n1)[C@@H](C)O2. The van der Waals surface area contributed by atoms with Gasteiger partial charge in [0.05, 0.1) is 65.1 Å². The lowest BCUT2D eigenvalue weighted by molar-refractivity contribution is -0.121. The number of aromatic nitrogens is 3. The van der Waals surface area contributed by atoms with Gasteiger partial charge in [-0.05, 0) is 30.7 Å². The van der Waals surface area contributed by atoms with E-state index in [0.717, 1.165) is 5.56 Å². The highest BCUT2D eigenvalue weighted by molar-refractivity contribution is 6.02. The van der Waals surface area contributed by atoms with E-state index in [1.165, 1.54) is 11.2 Å². The van der Waals surface area contributed by atoms with Gasteiger partial charge in [0.25, 0.3) is 11.8 Å². The summed E-state index contributed by atoms with van der Waals surface area (Å²) >= 11 is 0. The second-order valence-electron chi connectivity index (χ2n) is 10.3. The Kier molecular flexibility index (Phi) is 14.0. The molecule has 0 bridgehead atoms. The summed E-state index contributed by atoms with van der Waals surface area (Å²) in [6.07, 6.45) is 0.841. The van der Waals surface area contributed by atoms with Crippen LogP contribution in [0.5, 0.6) is 5.75 Å². The van der Waals surface area contributed by atoms with Crippen molar-refractivity contribution in [2.45, 2.75) is 25.6 Å². The number of hydrogen-bond acceptors (Lipinski definition) is 10. The summed E-state index contributed by atoms with van der Waals surface area (Å²) in [4.78, 5) is 32.1. The van der Waals surface area contributed by atoms with Crippen LogP contribution < -0.4 is 15.0 Å². The van der Waals surface area contributed by atoms with Gasteiger partial charge in [-0.15, -0.1) is 5.10 Å². The standard InChI is InChI=1S/C33H41N5O8/c1-25-30(35-32(39)31-34-24-38(36-31)23-27-8-5-4-6-9-27)33(40)37(2)28-22-26(11-12-29(28)46-25)10-7-13-42-16-17-44-20-21-45-19-18-43-15-14-41-3/h4-6,8-9,11-12,22,24-25,30H,13-21,23H2,1-3H3,(H,35,39)/t25-,30+/m1/s1. The van der Waals surface area contributed by atoms with E-state index in [4.69, 9.17) is 28.4 Å². The zero-order valence-corrected chi connectivity index (χ0v) is 26.5. The number of carbonyl (C=O) groups is 2. The van der Waals surface area contributed by atoms with Crippen LogP contribution in [0.4, 0.5) is 5.69 Å². The molecule has 13 heteroatoms. The number of amides is 2. The first kappa shape index (κ1) is 34.6. The third-order valence-electron chi connectivity index (χ3n) is 6.87. The van der Waals surface area contributed by atoms with E-state index in [2.05, 4.69) is 27.2 Å². The number of fused-ring (bicyclic) bond motifs is 1. The van der Waals surface area contributed by atoms with Crippen molar-refractivity contribution in [3.8, 4) is 17.6 Å². The minimum absolute atomic E-state index is 0.0312. The number of benzene rings is 2. The molecule has 0 fully saturated rings. The smallest absolute Gasteiger partial charge is 0.291 e. The summed E-state index contributed by atoms with van der Waals surface area (Å²) in [7, 11) is 3.27. The van der Waals surface area contributed by atoms with E-state index in [0.29, 0.717) is 76.4 Å². The molecule has 1 aromatic heterocycles. The second-order valence-corrected chi connectivity index (χ2v) is 10.3. The van der Waals surface area contributed by atoms with Gasteiger partial charge in [0.2, 0.25) is 5.82 Å². The fourth-order valence-corrected chi connectivity index (χ4v) is 4.45. The highest BCUT2D eigenvalue weighted by Gasteiger charge is 2.36. The van der Waals surface area contributed by atoms with E-state index in [-0.39, 0.29) is 18.3 Å². The van der Waals surface area contributed by atoms with Gasteiger partial charge in [0.15, 0.2) is 0 Å². The minimum Gasteiger partial charge on any atom is -0.486 e. The molecule has 13 nitrogen and oxygen atoms in total. The lowest BCUT2D eigenvalue weighted by Crippen LogP contribution is -2.53. The molecule has 2 amide bonds. The van der Waals surface area contributed by atoms with Crippen LogP contribution in [0.15, 0.2) is 54.9 Å². The van der Waals surface area contributed by atoms with Crippen molar-refractivity contribution >= 4 is 17.5 Å². The maximum Gasteiger partial charge on any atom is 0.291 e. The lowest BCUT2D eigenvalue weighted by atomic mass is 10.1. The molecule has 0 aliphatic carbocycles. The average molecular weight is 636 g/mol. The Morgan fingerprint density at radius 1 is 0.957 bits per heavy atom. The Morgan fingerprint density at radius 3 is 2.33 bits per heavy atom. The van der Waals surface area contributed by atoms with Gasteiger partial charge in [0.1, 0.15) is 30.8 Å². The number of anilines is 1. The van der Waals surface area contributed by atoms with Crippen LogP contribution in [-0.2, 0) is 35.0 Å². The van der Waals surface area contributed by atoms with Crippen molar-refractivity contribution in [3.05, 3.63) is 71.8 Å². The van der Waals surface area contributed by atoms with Gasteiger partial charge in [-0.3, -0.25) is 9.59 Å². The molecule has 1 aliphatic rings. The number of rotatable bonds is 17. The first-order chi connectivity index (χ1) is 22.5. The first-order valence-electron chi connectivity index (χ1n) is 15.1. The van der Waals surface area contributed by atoms with Crippen LogP contribution >= 0.6 is 0 Å². The molecule has 1 N–H and O–H groups in total. The second kappa shape index (κ2) is 18.6. The molecule has 4 rings (SSSR count). The summed E-state index contributed by atoms with van der Waals surface area (Å²) < 4.78 is 34.3. The normalized spacial score (nSPS) is 15.8. The Balaban J connectivity index is 1.20. The summed E-state index contributed by atoms with van der Waals surface area (Å²) in [5, 5.41) is 7.03. The summed E-state index contributed by atoms with van der Waals surface area (Å²) in [6.45, 7) is 6.36. The summed E-state index contributed by atoms with van der Waals surface area (Å²) in [5.41, 5.74) is 2.26. The third kappa shape index (κ3) is 10.6. The van der Waals surface area contributed by atoms with E-state index in [1.807, 2.05) is 36.4 Å². The molecule has 46 heavy (non-hydrogen) atoms. The highest BCUT2D eigenvalue weighted by atomic mass is 16.6.